The number of fused-ring (bicyclic) bond motifs is 10. The molecule has 0 atom stereocenters. The molecule has 0 fully saturated rings. The monoisotopic (exact) mass is 1030 g/mol. The van der Waals surface area contributed by atoms with Gasteiger partial charge in [0.15, 0.2) is 0 Å². The summed E-state index contributed by atoms with van der Waals surface area (Å²) >= 11 is 0. The van der Waals surface area contributed by atoms with Gasteiger partial charge in [0.25, 0.3) is 0 Å². The van der Waals surface area contributed by atoms with Gasteiger partial charge in [-0.05, 0) is 173 Å². The standard InChI is InChI=1S/C78H62N2/c1-49-56-41-37-52(79(72-35-20-16-27-57(72)50-23-10-8-11-24-50)53-38-42-61-59-29-14-18-32-66(59)76(2,3)69(61)46-53)45-65(56)63-31-22-34-68-75(63)74(49)64-44-40-55(48-71(64)78(68,6)7)80(73-36-21-17-28-58(73)51-25-12-9-13-26-51)54-39-43-62-60-30-15-19-33-67(60)77(4,5)70(62)47-54/h8-48H,1-7H3. The third-order valence-electron chi connectivity index (χ3n) is 18.6. The molecule has 0 unspecified atom stereocenters. The van der Waals surface area contributed by atoms with Gasteiger partial charge in [0.1, 0.15) is 0 Å². The summed E-state index contributed by atoms with van der Waals surface area (Å²) in [6, 6.07) is 93.4. The summed E-state index contributed by atoms with van der Waals surface area (Å²) in [4.78, 5) is 5.03. The van der Waals surface area contributed by atoms with Gasteiger partial charge in [-0.2, -0.15) is 0 Å². The molecule has 80 heavy (non-hydrogen) atoms. The quantitative estimate of drug-likeness (QED) is 0.140. The molecule has 384 valence electrons. The second-order valence-electron chi connectivity index (χ2n) is 24.1. The predicted octanol–water partition coefficient (Wildman–Crippen LogP) is 21.5. The lowest BCUT2D eigenvalue weighted by atomic mass is 9.67. The summed E-state index contributed by atoms with van der Waals surface area (Å²) in [5.74, 6) is 0. The Morgan fingerprint density at radius 1 is 0.263 bits per heavy atom. The molecule has 12 aromatic rings. The molecule has 0 spiro atoms. The Morgan fingerprint density at radius 3 is 1.15 bits per heavy atom. The maximum absolute atomic E-state index is 2.52. The number of nitrogens with zero attached hydrogens (tertiary/aromatic N) is 2. The molecule has 0 saturated carbocycles. The minimum Gasteiger partial charge on any atom is -0.310 e. The number of anilines is 6. The van der Waals surface area contributed by atoms with E-state index in [4.69, 9.17) is 0 Å². The van der Waals surface area contributed by atoms with Crippen molar-refractivity contribution < 1.29 is 0 Å². The van der Waals surface area contributed by atoms with Crippen LogP contribution in [0, 0.1) is 6.92 Å². The number of hydrogen-bond acceptors (Lipinski definition) is 2. The number of rotatable bonds is 8. The minimum atomic E-state index is -0.336. The molecule has 0 amide bonds. The molecule has 0 heterocycles. The zero-order valence-electron chi connectivity index (χ0n) is 46.6. The molecule has 0 aromatic heterocycles. The van der Waals surface area contributed by atoms with E-state index < -0.39 is 0 Å². The van der Waals surface area contributed by atoms with E-state index in [1.54, 1.807) is 0 Å². The van der Waals surface area contributed by atoms with Crippen molar-refractivity contribution in [2.24, 2.45) is 0 Å². The first-order valence-electron chi connectivity index (χ1n) is 28.4. The zero-order valence-corrected chi connectivity index (χ0v) is 46.6. The van der Waals surface area contributed by atoms with Crippen molar-refractivity contribution >= 4 is 55.7 Å². The summed E-state index contributed by atoms with van der Waals surface area (Å²) in [6.45, 7) is 16.8. The van der Waals surface area contributed by atoms with E-state index >= 15 is 0 Å². The van der Waals surface area contributed by atoms with Crippen LogP contribution in [0.25, 0.3) is 77.2 Å². The van der Waals surface area contributed by atoms with Gasteiger partial charge in [0, 0.05) is 50.1 Å². The third kappa shape index (κ3) is 6.97. The van der Waals surface area contributed by atoms with E-state index in [0.29, 0.717) is 0 Å². The van der Waals surface area contributed by atoms with Gasteiger partial charge in [-0.3, -0.25) is 0 Å². The fourth-order valence-electron chi connectivity index (χ4n) is 14.6. The molecular weight excluding hydrogens is 965 g/mol. The van der Waals surface area contributed by atoms with Crippen LogP contribution >= 0.6 is 0 Å². The van der Waals surface area contributed by atoms with Crippen LogP contribution in [0.2, 0.25) is 0 Å². The topological polar surface area (TPSA) is 6.48 Å². The van der Waals surface area contributed by atoms with Gasteiger partial charge in [0.2, 0.25) is 0 Å². The highest BCUT2D eigenvalue weighted by atomic mass is 15.2. The van der Waals surface area contributed by atoms with Crippen LogP contribution in [0.4, 0.5) is 34.1 Å². The molecule has 0 N–H and O–H groups in total. The molecule has 12 aromatic carbocycles. The summed E-state index contributed by atoms with van der Waals surface area (Å²) in [7, 11) is 0. The van der Waals surface area contributed by atoms with Crippen molar-refractivity contribution in [1.82, 2.24) is 0 Å². The van der Waals surface area contributed by atoms with Gasteiger partial charge in [0.05, 0.1) is 11.4 Å². The first kappa shape index (κ1) is 47.9. The highest BCUT2D eigenvalue weighted by Gasteiger charge is 2.39. The van der Waals surface area contributed by atoms with Crippen LogP contribution < -0.4 is 9.80 Å². The Balaban J connectivity index is 0.917. The van der Waals surface area contributed by atoms with E-state index in [9.17, 15) is 0 Å². The number of aryl methyl sites for hydroxylation is 1. The lowest BCUT2D eigenvalue weighted by Gasteiger charge is -2.38. The smallest absolute Gasteiger partial charge is 0.0540 e. The van der Waals surface area contributed by atoms with Crippen LogP contribution in [0.1, 0.15) is 80.5 Å². The van der Waals surface area contributed by atoms with Crippen molar-refractivity contribution in [2.45, 2.75) is 64.7 Å². The van der Waals surface area contributed by atoms with Crippen LogP contribution in [-0.2, 0) is 16.2 Å². The number of benzene rings is 12. The largest absolute Gasteiger partial charge is 0.310 e. The second-order valence-corrected chi connectivity index (χ2v) is 24.1. The van der Waals surface area contributed by atoms with Crippen molar-refractivity contribution in [2.75, 3.05) is 9.80 Å². The molecule has 0 radical (unpaired) electrons. The van der Waals surface area contributed by atoms with Gasteiger partial charge in [-0.15, -0.1) is 0 Å². The summed E-state index contributed by atoms with van der Waals surface area (Å²) in [6.07, 6.45) is 0. The highest BCUT2D eigenvalue weighted by Crippen LogP contribution is 2.57. The average molecular weight is 1030 g/mol. The zero-order chi connectivity index (χ0) is 54.2. The summed E-state index contributed by atoms with van der Waals surface area (Å²) in [5.41, 5.74) is 28.4. The van der Waals surface area contributed by atoms with E-state index in [1.165, 1.54) is 116 Å². The fraction of sp³-hybridized carbons (Fsp3) is 0.128. The third-order valence-corrected chi connectivity index (χ3v) is 18.6. The Labute approximate surface area is 470 Å². The Kier molecular flexibility index (Phi) is 10.6. The molecule has 15 rings (SSSR count). The van der Waals surface area contributed by atoms with Crippen molar-refractivity contribution in [3.8, 4) is 55.6 Å². The highest BCUT2D eigenvalue weighted by molar-refractivity contribution is 6.19. The summed E-state index contributed by atoms with van der Waals surface area (Å²) in [5, 5.41) is 5.16. The van der Waals surface area contributed by atoms with Crippen LogP contribution in [0.5, 0.6) is 0 Å². The van der Waals surface area contributed by atoms with Gasteiger partial charge in [-0.1, -0.05) is 230 Å². The van der Waals surface area contributed by atoms with Gasteiger partial charge < -0.3 is 9.80 Å². The molecular formula is C78H62N2. The van der Waals surface area contributed by atoms with Crippen LogP contribution in [0.3, 0.4) is 0 Å². The first-order chi connectivity index (χ1) is 38.9. The van der Waals surface area contributed by atoms with E-state index in [-0.39, 0.29) is 16.2 Å². The lowest BCUT2D eigenvalue weighted by Crippen LogP contribution is -2.25. The Bertz CT molecular complexity index is 4520. The van der Waals surface area contributed by atoms with Crippen molar-refractivity contribution in [3.63, 3.8) is 0 Å². The number of para-hydroxylation sites is 2. The Morgan fingerprint density at radius 2 is 0.637 bits per heavy atom. The lowest BCUT2D eigenvalue weighted by molar-refractivity contribution is 0.645. The van der Waals surface area contributed by atoms with Gasteiger partial charge >= 0.3 is 0 Å². The molecule has 2 nitrogen and oxygen atoms in total. The van der Waals surface area contributed by atoms with E-state index in [2.05, 4.69) is 307 Å². The molecule has 2 heteroatoms. The first-order valence-corrected chi connectivity index (χ1v) is 28.4. The van der Waals surface area contributed by atoms with Crippen molar-refractivity contribution in [3.05, 3.63) is 288 Å². The molecule has 0 saturated heterocycles. The minimum absolute atomic E-state index is 0.148. The van der Waals surface area contributed by atoms with Crippen molar-refractivity contribution in [1.29, 1.82) is 0 Å². The normalized spacial score (nSPS) is 14.5. The molecule has 3 aliphatic rings. The second kappa shape index (κ2) is 17.6. The van der Waals surface area contributed by atoms with Gasteiger partial charge in [-0.25, -0.2) is 0 Å². The maximum Gasteiger partial charge on any atom is 0.0540 e. The molecule has 3 aliphatic carbocycles. The molecule has 0 aliphatic heterocycles. The molecule has 0 bridgehead atoms. The number of hydrogen-bond donors (Lipinski definition) is 0. The SMILES string of the molecule is Cc1c2c3c(cccc3c3cc(N(c4ccc5c(c4)C(C)(C)c4ccccc4-5)c4ccccc4-c4ccccc4)ccc13)C(C)(C)c1cc(N(c3ccc4c(c3)C(C)(C)c3ccccc3-4)c3ccccc3-c3ccccc3)ccc1-2. The van der Waals surface area contributed by atoms with E-state index in [1.807, 2.05) is 0 Å². The van der Waals surface area contributed by atoms with E-state index in [0.717, 1.165) is 34.1 Å². The maximum atomic E-state index is 2.52. The summed E-state index contributed by atoms with van der Waals surface area (Å²) < 4.78 is 0. The van der Waals surface area contributed by atoms with Crippen LogP contribution in [-0.4, -0.2) is 0 Å². The fourth-order valence-corrected chi connectivity index (χ4v) is 14.6. The average Bonchev–Trinajstić information content (AvgIpc) is 3.13. The Hall–Kier alpha value is -9.24. The predicted molar refractivity (Wildman–Crippen MR) is 339 cm³/mol. The van der Waals surface area contributed by atoms with Crippen LogP contribution in [0.15, 0.2) is 249 Å².